The van der Waals surface area contributed by atoms with E-state index in [0.717, 1.165) is 0 Å². The van der Waals surface area contributed by atoms with Crippen LogP contribution in [-0.4, -0.2) is 28.6 Å². The highest BCUT2D eigenvalue weighted by Gasteiger charge is 2.14. The van der Waals surface area contributed by atoms with E-state index < -0.39 is 6.29 Å². The van der Waals surface area contributed by atoms with Crippen molar-refractivity contribution in [3.05, 3.63) is 27.5 Å². The number of rotatable bonds is 4. The Balaban J connectivity index is 3.04. The number of pyridine rings is 1. The van der Waals surface area contributed by atoms with E-state index in [0.29, 0.717) is 16.3 Å². The Morgan fingerprint density at radius 3 is 2.73 bits per heavy atom. The van der Waals surface area contributed by atoms with Gasteiger partial charge >= 0.3 is 0 Å². The fraction of sp³-hybridized carbons (Fsp3) is 0.444. The van der Waals surface area contributed by atoms with E-state index in [2.05, 4.69) is 4.98 Å². The van der Waals surface area contributed by atoms with Gasteiger partial charge in [-0.05, 0) is 5.56 Å². The Bertz CT molecular complexity index is 346. The average molecular weight is 252 g/mol. The second kappa shape index (κ2) is 5.63. The number of aliphatic hydroxyl groups is 2. The summed E-state index contributed by atoms with van der Waals surface area (Å²) < 4.78 is 4.69. The second-order valence-electron chi connectivity index (χ2n) is 2.90. The molecule has 0 saturated heterocycles. The van der Waals surface area contributed by atoms with Crippen LogP contribution in [0.15, 0.2) is 6.20 Å². The Morgan fingerprint density at radius 1 is 1.53 bits per heavy atom. The number of hydrogen-bond acceptors (Lipinski definition) is 4. The maximum atomic E-state index is 9.30. The highest BCUT2D eigenvalue weighted by atomic mass is 35.5. The van der Waals surface area contributed by atoms with Crippen molar-refractivity contribution >= 4 is 23.2 Å². The van der Waals surface area contributed by atoms with E-state index in [1.165, 1.54) is 13.3 Å². The highest BCUT2D eigenvalue weighted by Crippen LogP contribution is 2.27. The zero-order valence-electron chi connectivity index (χ0n) is 8.07. The third-order valence-electron chi connectivity index (χ3n) is 1.94. The Hall–Kier alpha value is -0.390. The number of halogens is 2. The van der Waals surface area contributed by atoms with Crippen molar-refractivity contribution in [2.75, 3.05) is 7.11 Å². The van der Waals surface area contributed by atoms with Crippen molar-refractivity contribution in [1.29, 1.82) is 0 Å². The molecule has 0 spiro atoms. The Morgan fingerprint density at radius 2 is 2.20 bits per heavy atom. The summed E-state index contributed by atoms with van der Waals surface area (Å²) in [6.07, 6.45) is 0.564. The molecule has 0 aliphatic carbocycles. The third-order valence-corrected chi connectivity index (χ3v) is 2.71. The Kier molecular flexibility index (Phi) is 4.76. The largest absolute Gasteiger partial charge is 0.390 e. The first kappa shape index (κ1) is 12.7. The lowest BCUT2D eigenvalue weighted by Gasteiger charge is -2.12. The lowest BCUT2D eigenvalue weighted by molar-refractivity contribution is -0.0720. The van der Waals surface area contributed by atoms with Gasteiger partial charge in [0.2, 0.25) is 0 Å². The molecule has 0 saturated carbocycles. The first-order chi connectivity index (χ1) is 7.10. The molecule has 0 aliphatic rings. The van der Waals surface area contributed by atoms with Gasteiger partial charge in [-0.25, -0.2) is 0 Å². The lowest BCUT2D eigenvalue weighted by Crippen LogP contribution is -2.13. The molecule has 1 atom stereocenters. The van der Waals surface area contributed by atoms with Crippen molar-refractivity contribution in [3.63, 3.8) is 0 Å². The van der Waals surface area contributed by atoms with Crippen molar-refractivity contribution in [2.45, 2.75) is 19.3 Å². The van der Waals surface area contributed by atoms with Crippen LogP contribution in [0.1, 0.15) is 11.3 Å². The molecule has 0 fully saturated rings. The van der Waals surface area contributed by atoms with Gasteiger partial charge < -0.3 is 14.9 Å². The normalized spacial score (nSPS) is 12.9. The van der Waals surface area contributed by atoms with Crippen LogP contribution in [0.3, 0.4) is 0 Å². The molecule has 1 aromatic rings. The summed E-state index contributed by atoms with van der Waals surface area (Å²) in [7, 11) is 1.38. The van der Waals surface area contributed by atoms with Crippen LogP contribution in [0.2, 0.25) is 10.0 Å². The van der Waals surface area contributed by atoms with Gasteiger partial charge in [0, 0.05) is 19.7 Å². The Labute approximate surface area is 97.4 Å². The van der Waals surface area contributed by atoms with Gasteiger partial charge in [0.15, 0.2) is 6.29 Å². The molecule has 15 heavy (non-hydrogen) atoms. The molecule has 1 heterocycles. The fourth-order valence-corrected chi connectivity index (χ4v) is 1.66. The van der Waals surface area contributed by atoms with Gasteiger partial charge in [-0.3, -0.25) is 4.98 Å². The topological polar surface area (TPSA) is 62.6 Å². The van der Waals surface area contributed by atoms with Crippen LogP contribution in [0.4, 0.5) is 0 Å². The predicted octanol–water partition coefficient (Wildman–Crippen LogP) is 1.39. The van der Waals surface area contributed by atoms with Crippen molar-refractivity contribution in [2.24, 2.45) is 0 Å². The molecule has 0 aliphatic heterocycles. The van der Waals surface area contributed by atoms with Gasteiger partial charge in [0.05, 0.1) is 22.3 Å². The molecule has 84 valence electrons. The van der Waals surface area contributed by atoms with Crippen molar-refractivity contribution < 1.29 is 14.9 Å². The number of aromatic nitrogens is 1. The molecule has 4 nitrogen and oxygen atoms in total. The van der Waals surface area contributed by atoms with Gasteiger partial charge in [0.25, 0.3) is 0 Å². The average Bonchev–Trinajstić information content (AvgIpc) is 2.24. The van der Waals surface area contributed by atoms with Crippen LogP contribution in [0.25, 0.3) is 0 Å². The molecule has 0 radical (unpaired) electrons. The van der Waals surface area contributed by atoms with E-state index in [1.54, 1.807) is 0 Å². The highest BCUT2D eigenvalue weighted by molar-refractivity contribution is 6.36. The third kappa shape index (κ3) is 3.03. The summed E-state index contributed by atoms with van der Waals surface area (Å²) in [5.74, 6) is 0. The maximum absolute atomic E-state index is 9.30. The van der Waals surface area contributed by atoms with Crippen LogP contribution in [0, 0.1) is 0 Å². The number of aliphatic hydroxyl groups excluding tert-OH is 2. The number of methoxy groups -OCH3 is 1. The SMILES string of the molecule is COC(O)Cc1c(Cl)cnc(CO)c1Cl. The summed E-state index contributed by atoms with van der Waals surface area (Å²) >= 11 is 11.8. The van der Waals surface area contributed by atoms with E-state index in [9.17, 15) is 5.11 Å². The first-order valence-electron chi connectivity index (χ1n) is 4.23. The fourth-order valence-electron chi connectivity index (χ4n) is 1.10. The molecule has 0 aromatic carbocycles. The van der Waals surface area contributed by atoms with Gasteiger partial charge in [-0.15, -0.1) is 0 Å². The van der Waals surface area contributed by atoms with Crippen LogP contribution in [-0.2, 0) is 17.8 Å². The zero-order chi connectivity index (χ0) is 11.4. The molecule has 1 aromatic heterocycles. The maximum Gasteiger partial charge on any atom is 0.158 e. The van der Waals surface area contributed by atoms with Crippen molar-refractivity contribution in [3.8, 4) is 0 Å². The summed E-state index contributed by atoms with van der Waals surface area (Å²) in [5, 5.41) is 18.8. The van der Waals surface area contributed by atoms with Gasteiger partial charge in [0.1, 0.15) is 0 Å². The molecule has 1 unspecified atom stereocenters. The molecular weight excluding hydrogens is 241 g/mol. The number of hydrogen-bond donors (Lipinski definition) is 2. The summed E-state index contributed by atoms with van der Waals surface area (Å²) in [6.45, 7) is -0.272. The minimum atomic E-state index is -0.978. The molecule has 0 bridgehead atoms. The summed E-state index contributed by atoms with van der Waals surface area (Å²) in [4.78, 5) is 3.85. The van der Waals surface area contributed by atoms with Gasteiger partial charge in [-0.2, -0.15) is 0 Å². The van der Waals surface area contributed by atoms with Crippen molar-refractivity contribution in [1.82, 2.24) is 4.98 Å². The van der Waals surface area contributed by atoms with E-state index in [1.807, 2.05) is 0 Å². The number of ether oxygens (including phenoxy) is 1. The standard InChI is InChI=1S/C9H11Cl2NO3/c1-15-8(14)2-5-6(10)3-12-7(4-13)9(5)11/h3,8,13-14H,2,4H2,1H3. The van der Waals surface area contributed by atoms with Gasteiger partial charge in [-0.1, -0.05) is 23.2 Å². The van der Waals surface area contributed by atoms with Crippen LogP contribution < -0.4 is 0 Å². The van der Waals surface area contributed by atoms with E-state index >= 15 is 0 Å². The first-order valence-corrected chi connectivity index (χ1v) is 4.99. The summed E-state index contributed by atoms with van der Waals surface area (Å²) in [5.41, 5.74) is 0.853. The lowest BCUT2D eigenvalue weighted by atomic mass is 10.1. The molecule has 0 amide bonds. The molecule has 2 N–H and O–H groups in total. The summed E-state index contributed by atoms with van der Waals surface area (Å²) in [6, 6.07) is 0. The monoisotopic (exact) mass is 251 g/mol. The second-order valence-corrected chi connectivity index (χ2v) is 3.68. The predicted molar refractivity (Wildman–Crippen MR) is 56.9 cm³/mol. The minimum absolute atomic E-state index is 0.156. The smallest absolute Gasteiger partial charge is 0.158 e. The van der Waals surface area contributed by atoms with E-state index in [-0.39, 0.29) is 18.1 Å². The number of nitrogens with zero attached hydrogens (tertiary/aromatic N) is 1. The quantitative estimate of drug-likeness (QED) is 0.795. The molecular formula is C9H11Cl2NO3. The zero-order valence-corrected chi connectivity index (χ0v) is 9.59. The molecule has 6 heteroatoms. The molecule has 1 rings (SSSR count). The van der Waals surface area contributed by atoms with E-state index in [4.69, 9.17) is 33.0 Å². The van der Waals surface area contributed by atoms with Crippen LogP contribution >= 0.6 is 23.2 Å². The minimum Gasteiger partial charge on any atom is -0.390 e. The van der Waals surface area contributed by atoms with Crippen LogP contribution in [0.5, 0.6) is 0 Å².